The number of aliphatic imine (C=N–C) groups is 1. The first-order valence-electron chi connectivity index (χ1n) is 10.4. The first-order valence-corrected chi connectivity index (χ1v) is 10.4. The molecule has 28 heavy (non-hydrogen) atoms. The quantitative estimate of drug-likeness (QED) is 0.459. The predicted octanol–water partition coefficient (Wildman–Crippen LogP) is 2.75. The Kier molecular flexibility index (Phi) is 7.51. The van der Waals surface area contributed by atoms with Gasteiger partial charge in [0.15, 0.2) is 5.96 Å². The van der Waals surface area contributed by atoms with E-state index in [1.807, 2.05) is 19.1 Å². The van der Waals surface area contributed by atoms with Gasteiger partial charge in [0.05, 0.1) is 12.5 Å². The molecule has 0 aromatic carbocycles. The smallest absolute Gasteiger partial charge is 0.310 e. The highest BCUT2D eigenvalue weighted by Crippen LogP contribution is 2.23. The number of carbonyl (C=O) groups excluding carboxylic acids is 1. The fourth-order valence-electron chi connectivity index (χ4n) is 3.94. The summed E-state index contributed by atoms with van der Waals surface area (Å²) in [4.78, 5) is 23.0. The van der Waals surface area contributed by atoms with Crippen LogP contribution in [0.25, 0.3) is 0 Å². The Morgan fingerprint density at radius 3 is 2.89 bits per heavy atom. The van der Waals surface area contributed by atoms with E-state index in [4.69, 9.17) is 9.47 Å². The van der Waals surface area contributed by atoms with E-state index in [-0.39, 0.29) is 11.9 Å². The van der Waals surface area contributed by atoms with E-state index in [0.29, 0.717) is 31.7 Å². The molecule has 0 spiro atoms. The SMILES string of the molecule is CCOC(=O)C1CCCN(C(=NC)NCc2ccnc(OC3CCCC3)c2)C1. The van der Waals surface area contributed by atoms with Crippen LogP contribution in [0, 0.1) is 5.92 Å². The summed E-state index contributed by atoms with van der Waals surface area (Å²) in [5.74, 6) is 1.32. The maximum atomic E-state index is 12.1. The number of pyridine rings is 1. The second-order valence-electron chi connectivity index (χ2n) is 7.46. The van der Waals surface area contributed by atoms with Crippen LogP contribution in [0.15, 0.2) is 23.3 Å². The summed E-state index contributed by atoms with van der Waals surface area (Å²) >= 11 is 0. The number of hydrogen-bond donors (Lipinski definition) is 1. The monoisotopic (exact) mass is 388 g/mol. The molecule has 7 nitrogen and oxygen atoms in total. The second-order valence-corrected chi connectivity index (χ2v) is 7.46. The maximum absolute atomic E-state index is 12.1. The number of nitrogens with one attached hydrogen (secondary N) is 1. The number of likely N-dealkylation sites (tertiary alicyclic amines) is 1. The lowest BCUT2D eigenvalue weighted by atomic mass is 9.98. The van der Waals surface area contributed by atoms with Crippen LogP contribution in [0.3, 0.4) is 0 Å². The fourth-order valence-corrected chi connectivity index (χ4v) is 3.94. The molecule has 0 amide bonds. The summed E-state index contributed by atoms with van der Waals surface area (Å²) in [6.07, 6.45) is 8.65. The Balaban J connectivity index is 1.54. The summed E-state index contributed by atoms with van der Waals surface area (Å²) in [5, 5.41) is 3.41. The molecule has 2 aliphatic rings. The standard InChI is InChI=1S/C21H32N4O3/c1-3-27-20(26)17-7-6-12-25(15-17)21(22-2)24-14-16-10-11-23-19(13-16)28-18-8-4-5-9-18/h10-11,13,17-18H,3-9,12,14-15H2,1-2H3,(H,22,24). The molecule has 1 saturated carbocycles. The van der Waals surface area contributed by atoms with Gasteiger partial charge in [-0.3, -0.25) is 9.79 Å². The second kappa shape index (κ2) is 10.3. The van der Waals surface area contributed by atoms with E-state index in [2.05, 4.69) is 20.2 Å². The molecule has 1 N–H and O–H groups in total. The van der Waals surface area contributed by atoms with Crippen molar-refractivity contribution < 1.29 is 14.3 Å². The summed E-state index contributed by atoms with van der Waals surface area (Å²) in [7, 11) is 1.78. The topological polar surface area (TPSA) is 76.0 Å². The van der Waals surface area contributed by atoms with Gasteiger partial charge < -0.3 is 19.7 Å². The van der Waals surface area contributed by atoms with Crippen LogP contribution < -0.4 is 10.1 Å². The lowest BCUT2D eigenvalue weighted by Crippen LogP contribution is -2.48. The Morgan fingerprint density at radius 1 is 1.32 bits per heavy atom. The average Bonchev–Trinajstić information content (AvgIpc) is 3.22. The van der Waals surface area contributed by atoms with Crippen molar-refractivity contribution in [3.8, 4) is 5.88 Å². The van der Waals surface area contributed by atoms with Gasteiger partial charge in [-0.15, -0.1) is 0 Å². The summed E-state index contributed by atoms with van der Waals surface area (Å²) in [6, 6.07) is 3.98. The maximum Gasteiger partial charge on any atom is 0.310 e. The number of aromatic nitrogens is 1. The number of rotatable bonds is 6. The van der Waals surface area contributed by atoms with Crippen LogP contribution in [0.4, 0.5) is 0 Å². The highest BCUT2D eigenvalue weighted by molar-refractivity contribution is 5.81. The number of esters is 1. The zero-order valence-electron chi connectivity index (χ0n) is 17.0. The molecular formula is C21H32N4O3. The van der Waals surface area contributed by atoms with E-state index < -0.39 is 0 Å². The van der Waals surface area contributed by atoms with Gasteiger partial charge in [-0.25, -0.2) is 4.98 Å². The van der Waals surface area contributed by atoms with Crippen LogP contribution in [-0.4, -0.2) is 54.7 Å². The lowest BCUT2D eigenvalue weighted by Gasteiger charge is -2.34. The Morgan fingerprint density at radius 2 is 2.14 bits per heavy atom. The lowest BCUT2D eigenvalue weighted by molar-refractivity contribution is -0.149. The number of nitrogens with zero attached hydrogens (tertiary/aromatic N) is 3. The molecule has 1 aromatic heterocycles. The van der Waals surface area contributed by atoms with Crippen molar-refractivity contribution >= 4 is 11.9 Å². The Labute approximate surface area is 167 Å². The fraction of sp³-hybridized carbons (Fsp3) is 0.667. The van der Waals surface area contributed by atoms with Crippen LogP contribution in [0.1, 0.15) is 51.0 Å². The van der Waals surface area contributed by atoms with Crippen LogP contribution >= 0.6 is 0 Å². The van der Waals surface area contributed by atoms with Crippen molar-refractivity contribution in [2.24, 2.45) is 10.9 Å². The van der Waals surface area contributed by atoms with Gasteiger partial charge in [0.2, 0.25) is 5.88 Å². The molecule has 0 bridgehead atoms. The average molecular weight is 389 g/mol. The minimum Gasteiger partial charge on any atom is -0.474 e. The minimum absolute atomic E-state index is 0.0837. The largest absolute Gasteiger partial charge is 0.474 e. The van der Waals surface area contributed by atoms with Gasteiger partial charge in [-0.1, -0.05) is 0 Å². The van der Waals surface area contributed by atoms with Crippen molar-refractivity contribution in [1.82, 2.24) is 15.2 Å². The molecule has 0 radical (unpaired) electrons. The number of hydrogen-bond acceptors (Lipinski definition) is 5. The third-order valence-corrected chi connectivity index (χ3v) is 5.39. The van der Waals surface area contributed by atoms with Crippen molar-refractivity contribution in [1.29, 1.82) is 0 Å². The third-order valence-electron chi connectivity index (χ3n) is 5.39. The van der Waals surface area contributed by atoms with Gasteiger partial charge in [-0.2, -0.15) is 0 Å². The number of ether oxygens (including phenoxy) is 2. The molecule has 7 heteroatoms. The molecule has 1 saturated heterocycles. The van der Waals surface area contributed by atoms with Gasteiger partial charge in [-0.05, 0) is 57.1 Å². The van der Waals surface area contributed by atoms with E-state index in [0.717, 1.165) is 43.8 Å². The Bertz CT molecular complexity index is 673. The van der Waals surface area contributed by atoms with Crippen molar-refractivity contribution in [2.45, 2.75) is 58.1 Å². The van der Waals surface area contributed by atoms with Gasteiger partial charge in [0.25, 0.3) is 0 Å². The molecule has 1 atom stereocenters. The van der Waals surface area contributed by atoms with Crippen LogP contribution in [0.2, 0.25) is 0 Å². The Hall–Kier alpha value is -2.31. The summed E-state index contributed by atoms with van der Waals surface area (Å²) in [6.45, 7) is 4.44. The highest BCUT2D eigenvalue weighted by atomic mass is 16.5. The molecule has 2 fully saturated rings. The number of carbonyl (C=O) groups is 1. The third kappa shape index (κ3) is 5.59. The predicted molar refractivity (Wildman–Crippen MR) is 108 cm³/mol. The van der Waals surface area contributed by atoms with Crippen LogP contribution in [-0.2, 0) is 16.1 Å². The molecule has 1 aromatic rings. The number of guanidine groups is 1. The van der Waals surface area contributed by atoms with Crippen LogP contribution in [0.5, 0.6) is 5.88 Å². The van der Waals surface area contributed by atoms with Crippen molar-refractivity contribution in [3.05, 3.63) is 23.9 Å². The molecule has 154 valence electrons. The molecule has 2 heterocycles. The molecular weight excluding hydrogens is 356 g/mol. The molecule has 1 aliphatic carbocycles. The zero-order valence-corrected chi connectivity index (χ0v) is 17.0. The first-order chi connectivity index (χ1) is 13.7. The molecule has 1 unspecified atom stereocenters. The van der Waals surface area contributed by atoms with Gasteiger partial charge >= 0.3 is 5.97 Å². The molecule has 1 aliphatic heterocycles. The summed E-state index contributed by atoms with van der Waals surface area (Å²) < 4.78 is 11.2. The van der Waals surface area contributed by atoms with Gasteiger partial charge in [0, 0.05) is 38.9 Å². The highest BCUT2D eigenvalue weighted by Gasteiger charge is 2.28. The van der Waals surface area contributed by atoms with E-state index in [1.54, 1.807) is 13.2 Å². The van der Waals surface area contributed by atoms with Gasteiger partial charge in [0.1, 0.15) is 6.10 Å². The molecule has 3 rings (SSSR count). The van der Waals surface area contributed by atoms with Crippen molar-refractivity contribution in [2.75, 3.05) is 26.7 Å². The number of piperidine rings is 1. The van der Waals surface area contributed by atoms with E-state index in [1.165, 1.54) is 12.8 Å². The zero-order chi connectivity index (χ0) is 19.8. The van der Waals surface area contributed by atoms with Crippen molar-refractivity contribution in [3.63, 3.8) is 0 Å². The first kappa shape index (κ1) is 20.4. The van der Waals surface area contributed by atoms with E-state index in [9.17, 15) is 4.79 Å². The normalized spacial score (nSPS) is 20.9. The summed E-state index contributed by atoms with van der Waals surface area (Å²) in [5.41, 5.74) is 1.10. The minimum atomic E-state index is -0.106. The van der Waals surface area contributed by atoms with E-state index >= 15 is 0 Å².